The highest BCUT2D eigenvalue weighted by Crippen LogP contribution is 2.32. The third-order valence-electron chi connectivity index (χ3n) is 4.86. The Balaban J connectivity index is 1.75. The summed E-state index contributed by atoms with van der Waals surface area (Å²) in [6, 6.07) is 21.3. The fourth-order valence-corrected chi connectivity index (χ4v) is 3.47. The molecule has 3 amide bonds. The van der Waals surface area contributed by atoms with E-state index in [1.54, 1.807) is 4.90 Å². The zero-order chi connectivity index (χ0) is 19.7. The lowest BCUT2D eigenvalue weighted by atomic mass is 10.0. The van der Waals surface area contributed by atoms with Crippen molar-refractivity contribution in [2.75, 3.05) is 19.0 Å². The quantitative estimate of drug-likeness (QED) is 0.717. The number of rotatable bonds is 3. The van der Waals surface area contributed by atoms with E-state index in [-0.39, 0.29) is 17.6 Å². The number of fused-ring (bicyclic) bond motifs is 2. The summed E-state index contributed by atoms with van der Waals surface area (Å²) >= 11 is 0. The Morgan fingerprint density at radius 2 is 1.75 bits per heavy atom. The van der Waals surface area contributed by atoms with Crippen LogP contribution >= 0.6 is 0 Å². The lowest BCUT2D eigenvalue weighted by Gasteiger charge is -2.18. The second kappa shape index (κ2) is 7.15. The lowest BCUT2D eigenvalue weighted by Crippen LogP contribution is -2.35. The average Bonchev–Trinajstić information content (AvgIpc) is 2.99. The third-order valence-corrected chi connectivity index (χ3v) is 4.86. The van der Waals surface area contributed by atoms with E-state index in [9.17, 15) is 9.59 Å². The van der Waals surface area contributed by atoms with Crippen LogP contribution in [-0.4, -0.2) is 36.8 Å². The monoisotopic (exact) mass is 372 g/mol. The van der Waals surface area contributed by atoms with Crippen LogP contribution < -0.4 is 10.2 Å². The van der Waals surface area contributed by atoms with E-state index in [2.05, 4.69) is 28.6 Å². The first-order chi connectivity index (χ1) is 13.6. The first kappa shape index (κ1) is 17.7. The molecule has 1 heterocycles. The van der Waals surface area contributed by atoms with Crippen LogP contribution in [0.3, 0.4) is 0 Å². The molecule has 0 fully saturated rings. The van der Waals surface area contributed by atoms with Gasteiger partial charge in [0.1, 0.15) is 0 Å². The maximum atomic E-state index is 13.2. The van der Waals surface area contributed by atoms with Gasteiger partial charge in [-0.3, -0.25) is 4.79 Å². The molecule has 0 unspecified atom stereocenters. The highest BCUT2D eigenvalue weighted by Gasteiger charge is 2.34. The van der Waals surface area contributed by atoms with Gasteiger partial charge in [-0.25, -0.2) is 9.80 Å². The normalized spacial score (nSPS) is 14.4. The molecule has 0 spiro atoms. The van der Waals surface area contributed by atoms with E-state index in [0.717, 1.165) is 32.6 Å². The van der Waals surface area contributed by atoms with E-state index < -0.39 is 0 Å². The van der Waals surface area contributed by atoms with Gasteiger partial charge in [-0.15, -0.1) is 0 Å². The Morgan fingerprint density at radius 1 is 1.04 bits per heavy atom. The van der Waals surface area contributed by atoms with Gasteiger partial charge >= 0.3 is 6.03 Å². The summed E-state index contributed by atoms with van der Waals surface area (Å²) in [4.78, 5) is 26.7. The van der Waals surface area contributed by atoms with Gasteiger partial charge in [0.15, 0.2) is 5.71 Å². The van der Waals surface area contributed by atoms with Crippen LogP contribution in [0.5, 0.6) is 0 Å². The number of nitrogens with zero attached hydrogens (tertiary/aromatic N) is 3. The molecule has 140 valence electrons. The van der Waals surface area contributed by atoms with E-state index in [4.69, 9.17) is 0 Å². The highest BCUT2D eigenvalue weighted by atomic mass is 16.2. The smallest absolute Gasteiger partial charge is 0.337 e. The summed E-state index contributed by atoms with van der Waals surface area (Å²) < 4.78 is 0. The number of nitrogens with one attached hydrogen (secondary N) is 1. The second-order valence-electron chi connectivity index (χ2n) is 6.57. The number of anilines is 1. The predicted octanol–water partition coefficient (Wildman–Crippen LogP) is 3.36. The summed E-state index contributed by atoms with van der Waals surface area (Å²) in [5, 5.41) is 10.2. The topological polar surface area (TPSA) is 65.0 Å². The van der Waals surface area contributed by atoms with Gasteiger partial charge in [0.2, 0.25) is 0 Å². The number of hydrazone groups is 1. The zero-order valence-corrected chi connectivity index (χ0v) is 15.7. The fourth-order valence-electron chi connectivity index (χ4n) is 3.47. The molecule has 6 heteroatoms. The van der Waals surface area contributed by atoms with Crippen molar-refractivity contribution in [1.82, 2.24) is 10.3 Å². The standard InChI is InChI=1S/C22H20N4O2/c1-23-22(28)25(2)24-20-18-12-5-6-13-19(18)26(21(20)27)14-16-10-7-9-15-8-3-4-11-17(15)16/h3-13H,14H2,1-2H3,(H,23,28). The van der Waals surface area contributed by atoms with Crippen molar-refractivity contribution in [2.45, 2.75) is 6.54 Å². The average molecular weight is 372 g/mol. The molecule has 6 nitrogen and oxygen atoms in total. The highest BCUT2D eigenvalue weighted by molar-refractivity contribution is 6.54. The van der Waals surface area contributed by atoms with Gasteiger partial charge < -0.3 is 10.2 Å². The van der Waals surface area contributed by atoms with Gasteiger partial charge in [0.25, 0.3) is 5.91 Å². The minimum Gasteiger partial charge on any atom is -0.340 e. The molecule has 3 aromatic carbocycles. The number of carbonyl (C=O) groups is 2. The summed E-state index contributed by atoms with van der Waals surface area (Å²) in [6.45, 7) is 0.430. The number of hydrogen-bond acceptors (Lipinski definition) is 3. The number of urea groups is 1. The molecule has 0 radical (unpaired) electrons. The number of para-hydroxylation sites is 1. The van der Waals surface area contributed by atoms with Gasteiger partial charge in [0.05, 0.1) is 12.2 Å². The minimum atomic E-state index is -0.384. The molecular weight excluding hydrogens is 352 g/mol. The Bertz CT molecular complexity index is 1100. The van der Waals surface area contributed by atoms with Crippen LogP contribution in [0.2, 0.25) is 0 Å². The molecule has 3 aromatic rings. The number of hydrogen-bond donors (Lipinski definition) is 1. The summed E-state index contributed by atoms with van der Waals surface area (Å²) in [6.07, 6.45) is 0. The molecule has 0 bridgehead atoms. The van der Waals surface area contributed by atoms with Crippen molar-refractivity contribution >= 4 is 34.1 Å². The fraction of sp³-hybridized carbons (Fsp3) is 0.136. The van der Waals surface area contributed by atoms with Crippen LogP contribution in [-0.2, 0) is 11.3 Å². The largest absolute Gasteiger partial charge is 0.340 e. The van der Waals surface area contributed by atoms with Crippen LogP contribution in [0.1, 0.15) is 11.1 Å². The Labute approximate surface area is 163 Å². The van der Waals surface area contributed by atoms with E-state index >= 15 is 0 Å². The molecule has 28 heavy (non-hydrogen) atoms. The molecule has 4 rings (SSSR count). The zero-order valence-electron chi connectivity index (χ0n) is 15.7. The van der Waals surface area contributed by atoms with Crippen LogP contribution in [0.4, 0.5) is 10.5 Å². The molecule has 0 aromatic heterocycles. The molecule has 1 aliphatic rings. The molecule has 0 saturated carbocycles. The van der Waals surface area contributed by atoms with Crippen molar-refractivity contribution in [2.24, 2.45) is 5.10 Å². The maximum absolute atomic E-state index is 13.2. The van der Waals surface area contributed by atoms with Crippen LogP contribution in [0, 0.1) is 0 Å². The minimum absolute atomic E-state index is 0.218. The van der Waals surface area contributed by atoms with Gasteiger partial charge in [0, 0.05) is 19.7 Å². The van der Waals surface area contributed by atoms with Crippen LogP contribution in [0.25, 0.3) is 10.8 Å². The predicted molar refractivity (Wildman–Crippen MR) is 110 cm³/mol. The Hall–Kier alpha value is -3.67. The number of carbonyl (C=O) groups excluding carboxylic acids is 2. The number of benzene rings is 3. The van der Waals surface area contributed by atoms with Gasteiger partial charge in [-0.05, 0) is 22.4 Å². The second-order valence-corrected chi connectivity index (χ2v) is 6.57. The SMILES string of the molecule is CNC(=O)N(C)N=C1C(=O)N(Cc2cccc3ccccc23)c2ccccc21. The molecule has 0 saturated heterocycles. The molecular formula is C22H20N4O2. The maximum Gasteiger partial charge on any atom is 0.337 e. The molecule has 1 aliphatic heterocycles. The van der Waals surface area contributed by atoms with Crippen molar-refractivity contribution in [1.29, 1.82) is 0 Å². The van der Waals surface area contributed by atoms with Crippen molar-refractivity contribution < 1.29 is 9.59 Å². The molecule has 1 N–H and O–H groups in total. The van der Waals surface area contributed by atoms with Crippen LogP contribution in [0.15, 0.2) is 71.8 Å². The van der Waals surface area contributed by atoms with Gasteiger partial charge in [-0.1, -0.05) is 60.7 Å². The summed E-state index contributed by atoms with van der Waals surface area (Å²) in [7, 11) is 3.05. The Kier molecular flexibility index (Phi) is 4.53. The first-order valence-corrected chi connectivity index (χ1v) is 9.02. The van der Waals surface area contributed by atoms with Gasteiger partial charge in [-0.2, -0.15) is 5.10 Å². The molecule has 0 aliphatic carbocycles. The van der Waals surface area contributed by atoms with E-state index in [1.807, 2.05) is 48.5 Å². The lowest BCUT2D eigenvalue weighted by molar-refractivity contribution is -0.112. The summed E-state index contributed by atoms with van der Waals surface area (Å²) in [5.74, 6) is -0.218. The number of amides is 3. The van der Waals surface area contributed by atoms with Crippen molar-refractivity contribution in [3.8, 4) is 0 Å². The Morgan fingerprint density at radius 3 is 2.57 bits per heavy atom. The third kappa shape index (κ3) is 2.99. The van der Waals surface area contributed by atoms with Crippen molar-refractivity contribution in [3.63, 3.8) is 0 Å². The first-order valence-electron chi connectivity index (χ1n) is 9.02. The molecule has 0 atom stereocenters. The summed E-state index contributed by atoms with van der Waals surface area (Å²) in [5.41, 5.74) is 2.84. The van der Waals surface area contributed by atoms with E-state index in [1.165, 1.54) is 14.1 Å². The van der Waals surface area contributed by atoms with Crippen molar-refractivity contribution in [3.05, 3.63) is 77.9 Å². The van der Waals surface area contributed by atoms with E-state index in [0.29, 0.717) is 6.54 Å².